The summed E-state index contributed by atoms with van der Waals surface area (Å²) in [6.07, 6.45) is 0.764. The van der Waals surface area contributed by atoms with Crippen molar-refractivity contribution in [3.05, 3.63) is 47.5 Å². The third kappa shape index (κ3) is 2.31. The minimum Gasteiger partial charge on any atom is -0.339 e. The fourth-order valence-electron chi connectivity index (χ4n) is 2.57. The van der Waals surface area contributed by atoms with Crippen LogP contribution in [0, 0.1) is 0 Å². The molecule has 2 N–H and O–H groups in total. The van der Waals surface area contributed by atoms with E-state index in [-0.39, 0.29) is 0 Å². The lowest BCUT2D eigenvalue weighted by Crippen LogP contribution is -2.28. The fraction of sp³-hybridized carbons (Fsp3) is 0.200. The summed E-state index contributed by atoms with van der Waals surface area (Å²) >= 11 is 6.05. The van der Waals surface area contributed by atoms with Gasteiger partial charge in [0.05, 0.1) is 21.2 Å². The van der Waals surface area contributed by atoms with E-state index in [9.17, 15) is 8.42 Å². The molecule has 2 aromatic carbocycles. The van der Waals surface area contributed by atoms with Crippen LogP contribution in [0.15, 0.2) is 52.3 Å². The molecule has 1 heterocycles. The Morgan fingerprint density at radius 3 is 2.52 bits per heavy atom. The first-order valence-electron chi connectivity index (χ1n) is 6.67. The lowest BCUT2D eigenvalue weighted by atomic mass is 10.2. The molecule has 0 radical (unpaired) electrons. The van der Waals surface area contributed by atoms with Crippen LogP contribution in [0.4, 0.5) is 11.4 Å². The molecule has 0 fully saturated rings. The van der Waals surface area contributed by atoms with E-state index in [0.717, 1.165) is 6.42 Å². The van der Waals surface area contributed by atoms with Gasteiger partial charge in [0.2, 0.25) is 9.84 Å². The Hall–Kier alpha value is -1.56. The van der Waals surface area contributed by atoms with Gasteiger partial charge in [0, 0.05) is 11.6 Å². The molecule has 4 nitrogen and oxygen atoms in total. The van der Waals surface area contributed by atoms with Crippen molar-refractivity contribution < 1.29 is 8.42 Å². The van der Waals surface area contributed by atoms with E-state index in [4.69, 9.17) is 17.3 Å². The topological polar surface area (TPSA) is 63.4 Å². The first kappa shape index (κ1) is 14.4. The van der Waals surface area contributed by atoms with Crippen LogP contribution in [0.1, 0.15) is 6.42 Å². The van der Waals surface area contributed by atoms with Crippen LogP contribution in [0.3, 0.4) is 0 Å². The molecule has 110 valence electrons. The highest BCUT2D eigenvalue weighted by Gasteiger charge is 2.33. The highest BCUT2D eigenvalue weighted by atomic mass is 35.5. The third-order valence-corrected chi connectivity index (χ3v) is 5.62. The van der Waals surface area contributed by atoms with Crippen LogP contribution in [0.2, 0.25) is 5.02 Å². The Morgan fingerprint density at radius 1 is 1.05 bits per heavy atom. The van der Waals surface area contributed by atoms with E-state index in [1.807, 2.05) is 17.0 Å². The first-order valence-corrected chi connectivity index (χ1v) is 8.53. The number of nitrogens with two attached hydrogens (primary N) is 1. The molecule has 0 saturated heterocycles. The van der Waals surface area contributed by atoms with Crippen molar-refractivity contribution in [1.82, 2.24) is 0 Å². The van der Waals surface area contributed by atoms with E-state index in [0.29, 0.717) is 39.3 Å². The van der Waals surface area contributed by atoms with Gasteiger partial charge in [-0.15, -0.1) is 0 Å². The van der Waals surface area contributed by atoms with Crippen molar-refractivity contribution in [3.8, 4) is 0 Å². The molecular formula is C15H15ClN2O2S. The molecule has 0 aromatic heterocycles. The third-order valence-electron chi connectivity index (χ3n) is 3.53. The molecular weight excluding hydrogens is 308 g/mol. The fourth-order valence-corrected chi connectivity index (χ4v) is 4.38. The van der Waals surface area contributed by atoms with Crippen molar-refractivity contribution >= 4 is 32.8 Å². The summed E-state index contributed by atoms with van der Waals surface area (Å²) in [5.41, 5.74) is 6.90. The standard InChI is InChI=1S/C15H15ClN2O2S/c16-11-6-7-15-13(10-11)18(9-3-8-17)12-4-1-2-5-14(12)21(15,19)20/h1-2,4-7,10H,3,8-9,17H2. The minimum absolute atomic E-state index is 0.294. The Kier molecular flexibility index (Phi) is 3.65. The number of nitrogens with zero attached hydrogens (tertiary/aromatic N) is 1. The van der Waals surface area contributed by atoms with Crippen molar-refractivity contribution in [2.45, 2.75) is 16.2 Å². The summed E-state index contributed by atoms with van der Waals surface area (Å²) in [5, 5.41) is 0.515. The van der Waals surface area contributed by atoms with Gasteiger partial charge in [0.1, 0.15) is 0 Å². The average molecular weight is 323 g/mol. The largest absolute Gasteiger partial charge is 0.339 e. The molecule has 1 aliphatic rings. The zero-order valence-electron chi connectivity index (χ0n) is 11.3. The van der Waals surface area contributed by atoms with Gasteiger partial charge in [0.25, 0.3) is 0 Å². The Labute approximate surface area is 129 Å². The lowest BCUT2D eigenvalue weighted by Gasteiger charge is -2.33. The van der Waals surface area contributed by atoms with Crippen LogP contribution in [0.5, 0.6) is 0 Å². The monoisotopic (exact) mass is 322 g/mol. The van der Waals surface area contributed by atoms with E-state index < -0.39 is 9.84 Å². The highest BCUT2D eigenvalue weighted by Crippen LogP contribution is 2.44. The molecule has 3 rings (SSSR count). The van der Waals surface area contributed by atoms with Gasteiger partial charge in [-0.2, -0.15) is 0 Å². The van der Waals surface area contributed by atoms with Crippen molar-refractivity contribution in [2.75, 3.05) is 18.0 Å². The van der Waals surface area contributed by atoms with Crippen molar-refractivity contribution in [2.24, 2.45) is 5.73 Å². The Morgan fingerprint density at radius 2 is 1.76 bits per heavy atom. The molecule has 0 aliphatic carbocycles. The highest BCUT2D eigenvalue weighted by molar-refractivity contribution is 7.92. The molecule has 0 unspecified atom stereocenters. The molecule has 0 atom stereocenters. The molecule has 21 heavy (non-hydrogen) atoms. The van der Waals surface area contributed by atoms with Crippen LogP contribution in [0.25, 0.3) is 0 Å². The number of halogens is 1. The molecule has 0 spiro atoms. The quantitative estimate of drug-likeness (QED) is 0.943. The number of rotatable bonds is 3. The maximum Gasteiger partial charge on any atom is 0.210 e. The maximum absolute atomic E-state index is 12.7. The van der Waals surface area contributed by atoms with Gasteiger partial charge in [-0.05, 0) is 43.3 Å². The SMILES string of the molecule is NCCCN1c2ccccc2S(=O)(=O)c2ccc(Cl)cc21. The summed E-state index contributed by atoms with van der Waals surface area (Å²) in [7, 11) is -3.51. The second kappa shape index (κ2) is 5.33. The summed E-state index contributed by atoms with van der Waals surface area (Å²) in [6, 6.07) is 11.9. The smallest absolute Gasteiger partial charge is 0.210 e. The molecule has 0 amide bonds. The van der Waals surface area contributed by atoms with E-state index in [2.05, 4.69) is 0 Å². The molecule has 0 bridgehead atoms. The first-order chi connectivity index (χ1) is 10.1. The molecule has 6 heteroatoms. The van der Waals surface area contributed by atoms with Crippen LogP contribution < -0.4 is 10.6 Å². The van der Waals surface area contributed by atoms with Crippen LogP contribution in [-0.4, -0.2) is 21.5 Å². The zero-order valence-corrected chi connectivity index (χ0v) is 12.9. The summed E-state index contributed by atoms with van der Waals surface area (Å²) in [4.78, 5) is 2.60. The summed E-state index contributed by atoms with van der Waals surface area (Å²) in [6.45, 7) is 1.19. The van der Waals surface area contributed by atoms with Gasteiger partial charge >= 0.3 is 0 Å². The van der Waals surface area contributed by atoms with Gasteiger partial charge in [-0.1, -0.05) is 23.7 Å². The zero-order chi connectivity index (χ0) is 15.0. The van der Waals surface area contributed by atoms with Crippen LogP contribution in [-0.2, 0) is 9.84 Å². The van der Waals surface area contributed by atoms with Gasteiger partial charge in [0.15, 0.2) is 0 Å². The lowest BCUT2D eigenvalue weighted by molar-refractivity contribution is 0.593. The van der Waals surface area contributed by atoms with E-state index in [1.165, 1.54) is 0 Å². The van der Waals surface area contributed by atoms with Gasteiger partial charge < -0.3 is 10.6 Å². The number of sulfone groups is 1. The number of hydrogen-bond donors (Lipinski definition) is 1. The van der Waals surface area contributed by atoms with Crippen molar-refractivity contribution in [3.63, 3.8) is 0 Å². The molecule has 2 aromatic rings. The van der Waals surface area contributed by atoms with Gasteiger partial charge in [-0.25, -0.2) is 8.42 Å². The minimum atomic E-state index is -3.51. The van der Waals surface area contributed by atoms with E-state index >= 15 is 0 Å². The second-order valence-electron chi connectivity index (χ2n) is 4.88. The summed E-state index contributed by atoms with van der Waals surface area (Å²) < 4.78 is 25.5. The molecule has 0 saturated carbocycles. The molecule has 1 aliphatic heterocycles. The van der Waals surface area contributed by atoms with Gasteiger partial charge in [-0.3, -0.25) is 0 Å². The predicted octanol–water partition coefficient (Wildman–Crippen LogP) is 2.97. The average Bonchev–Trinajstić information content (AvgIpc) is 2.47. The van der Waals surface area contributed by atoms with Crippen molar-refractivity contribution in [1.29, 1.82) is 0 Å². The number of fused-ring (bicyclic) bond motifs is 2. The number of hydrogen-bond acceptors (Lipinski definition) is 4. The summed E-state index contributed by atoms with van der Waals surface area (Å²) in [5.74, 6) is 0. The second-order valence-corrected chi connectivity index (χ2v) is 7.20. The normalized spacial score (nSPS) is 15.4. The maximum atomic E-state index is 12.7. The number of para-hydroxylation sites is 1. The number of anilines is 2. The number of benzene rings is 2. The Bertz CT molecular complexity index is 790. The van der Waals surface area contributed by atoms with E-state index in [1.54, 1.807) is 30.3 Å². The predicted molar refractivity (Wildman–Crippen MR) is 84.0 cm³/mol. The van der Waals surface area contributed by atoms with Crippen LogP contribution >= 0.6 is 11.6 Å². The Balaban J connectivity index is 2.27.